The average Bonchev–Trinajstić information content (AvgIpc) is 3.63. The van der Waals surface area contributed by atoms with E-state index in [9.17, 15) is 14.7 Å². The maximum absolute atomic E-state index is 13.4. The van der Waals surface area contributed by atoms with Crippen LogP contribution >= 0.6 is 11.8 Å². The molecule has 210 valence electrons. The maximum atomic E-state index is 13.4. The van der Waals surface area contributed by atoms with Crippen LogP contribution in [0.4, 0.5) is 11.5 Å². The lowest BCUT2D eigenvalue weighted by Crippen LogP contribution is -2.42. The Balaban J connectivity index is 1.32. The number of carbonyl (C=O) groups excluding carboxylic acids is 2. The first-order valence-electron chi connectivity index (χ1n) is 13.1. The molecule has 1 aromatic heterocycles. The van der Waals surface area contributed by atoms with E-state index in [1.54, 1.807) is 19.1 Å². The van der Waals surface area contributed by atoms with Crippen molar-refractivity contribution in [2.45, 2.75) is 45.6 Å². The van der Waals surface area contributed by atoms with Gasteiger partial charge in [0.2, 0.25) is 5.91 Å². The van der Waals surface area contributed by atoms with E-state index < -0.39 is 5.41 Å². The Bertz CT molecular complexity index is 1420. The number of anilines is 2. The molecule has 0 radical (unpaired) electrons. The summed E-state index contributed by atoms with van der Waals surface area (Å²) in [7, 11) is 0. The summed E-state index contributed by atoms with van der Waals surface area (Å²) >= 11 is 1.27. The third-order valence-corrected chi connectivity index (χ3v) is 8.15. The van der Waals surface area contributed by atoms with Crippen molar-refractivity contribution in [3.63, 3.8) is 0 Å². The minimum Gasteiger partial charge on any atom is -0.508 e. The molecule has 1 unspecified atom stereocenters. The van der Waals surface area contributed by atoms with Crippen LogP contribution in [0.2, 0.25) is 0 Å². The second-order valence-electron chi connectivity index (χ2n) is 10.4. The SMILES string of the molecule is C=N/C=C(\SCNc1ccn(C2CCN(C(=O)C(C)(C)c3ccccc3)C2)n1)C(=O)Nc1c(C)ccc(O)c1C. The third-order valence-electron chi connectivity index (χ3n) is 7.26. The predicted octanol–water partition coefficient (Wildman–Crippen LogP) is 5.24. The van der Waals surface area contributed by atoms with Crippen LogP contribution in [0.15, 0.2) is 70.8 Å². The zero-order chi connectivity index (χ0) is 28.9. The van der Waals surface area contributed by atoms with E-state index in [2.05, 4.69) is 27.4 Å². The molecule has 1 aliphatic rings. The number of hydrogen-bond donors (Lipinski definition) is 3. The zero-order valence-corrected chi connectivity index (χ0v) is 24.2. The highest BCUT2D eigenvalue weighted by Gasteiger charge is 2.37. The van der Waals surface area contributed by atoms with Gasteiger partial charge in [-0.2, -0.15) is 5.10 Å². The number of thioether (sulfide) groups is 1. The van der Waals surface area contributed by atoms with Crippen molar-refractivity contribution < 1.29 is 14.7 Å². The molecule has 1 atom stereocenters. The second kappa shape index (κ2) is 12.4. The Morgan fingerprint density at radius 1 is 1.20 bits per heavy atom. The van der Waals surface area contributed by atoms with E-state index in [0.717, 1.165) is 17.5 Å². The number of hydrogen-bond acceptors (Lipinski definition) is 7. The van der Waals surface area contributed by atoms with Crippen LogP contribution in [0.1, 0.15) is 43.0 Å². The fourth-order valence-electron chi connectivity index (χ4n) is 4.79. The Morgan fingerprint density at radius 3 is 2.67 bits per heavy atom. The Labute approximate surface area is 239 Å². The molecule has 2 heterocycles. The molecular weight excluding hydrogens is 524 g/mol. The Morgan fingerprint density at radius 2 is 1.95 bits per heavy atom. The molecule has 0 spiro atoms. The van der Waals surface area contributed by atoms with Gasteiger partial charge in [-0.15, -0.1) is 0 Å². The average molecular weight is 561 g/mol. The number of aromatic nitrogens is 2. The molecule has 0 saturated carbocycles. The van der Waals surface area contributed by atoms with Gasteiger partial charge in [0.05, 0.1) is 27.9 Å². The minimum atomic E-state index is -0.597. The van der Waals surface area contributed by atoms with E-state index >= 15 is 0 Å². The van der Waals surface area contributed by atoms with E-state index in [0.29, 0.717) is 40.9 Å². The number of carbonyl (C=O) groups is 2. The van der Waals surface area contributed by atoms with Crippen molar-refractivity contribution in [2.75, 3.05) is 29.6 Å². The second-order valence-corrected chi connectivity index (χ2v) is 11.4. The Kier molecular flexibility index (Phi) is 8.99. The summed E-state index contributed by atoms with van der Waals surface area (Å²) in [5, 5.41) is 20.8. The van der Waals surface area contributed by atoms with Crippen LogP contribution < -0.4 is 10.6 Å². The number of likely N-dealkylation sites (tertiary alicyclic amines) is 1. The van der Waals surface area contributed by atoms with Crippen LogP contribution in [-0.2, 0) is 15.0 Å². The van der Waals surface area contributed by atoms with Gasteiger partial charge in [0.1, 0.15) is 11.6 Å². The number of nitrogens with zero attached hydrogens (tertiary/aromatic N) is 4. The lowest BCUT2D eigenvalue weighted by Gasteiger charge is -2.29. The quantitative estimate of drug-likeness (QED) is 0.178. The smallest absolute Gasteiger partial charge is 0.263 e. The zero-order valence-electron chi connectivity index (χ0n) is 23.3. The fraction of sp³-hybridized carbons (Fsp3) is 0.333. The van der Waals surface area contributed by atoms with Gasteiger partial charge in [0.25, 0.3) is 5.91 Å². The van der Waals surface area contributed by atoms with E-state index in [1.807, 2.05) is 72.9 Å². The van der Waals surface area contributed by atoms with Crippen LogP contribution in [0.3, 0.4) is 0 Å². The van der Waals surface area contributed by atoms with Gasteiger partial charge in [-0.1, -0.05) is 48.2 Å². The number of nitrogens with one attached hydrogen (secondary N) is 2. The van der Waals surface area contributed by atoms with E-state index in [4.69, 9.17) is 0 Å². The topological polar surface area (TPSA) is 112 Å². The number of benzene rings is 2. The molecule has 2 amide bonds. The number of rotatable bonds is 10. The number of aliphatic imine (C=N–C) groups is 1. The van der Waals surface area contributed by atoms with Crippen molar-refractivity contribution in [3.8, 4) is 5.75 Å². The van der Waals surface area contributed by atoms with Gasteiger partial charge >= 0.3 is 0 Å². The normalized spacial score (nSPS) is 15.7. The summed E-state index contributed by atoms with van der Waals surface area (Å²) in [6.07, 6.45) is 4.16. The lowest BCUT2D eigenvalue weighted by molar-refractivity contribution is -0.135. The van der Waals surface area contributed by atoms with Gasteiger partial charge in [0.15, 0.2) is 0 Å². The predicted molar refractivity (Wildman–Crippen MR) is 162 cm³/mol. The van der Waals surface area contributed by atoms with Gasteiger partial charge in [0, 0.05) is 37.1 Å². The summed E-state index contributed by atoms with van der Waals surface area (Å²) in [5.74, 6) is 0.952. The number of phenols is 1. The van der Waals surface area contributed by atoms with E-state index in [1.165, 1.54) is 18.0 Å². The molecule has 10 heteroatoms. The van der Waals surface area contributed by atoms with Crippen molar-refractivity contribution in [3.05, 3.63) is 82.5 Å². The standard InChI is InChI=1S/C30H36N6O3S/c1-20-11-12-24(37)21(2)27(20)33-28(38)25(17-31-5)40-19-32-26-14-16-36(34-26)23-13-15-35(18-23)29(39)30(3,4)22-9-7-6-8-10-22/h6-12,14,16-17,23,37H,5,13,15,18-19H2,1-4H3,(H,32,34)(H,33,38)/b25-17-. The number of aromatic hydroxyl groups is 1. The first kappa shape index (κ1) is 28.9. The van der Waals surface area contributed by atoms with E-state index in [-0.39, 0.29) is 23.6 Å². The Hall–Kier alpha value is -4.05. The molecule has 3 N–H and O–H groups in total. The maximum Gasteiger partial charge on any atom is 0.263 e. The molecule has 0 aliphatic carbocycles. The first-order chi connectivity index (χ1) is 19.1. The summed E-state index contributed by atoms with van der Waals surface area (Å²) in [4.78, 5) is 32.4. The molecule has 1 fully saturated rings. The molecule has 0 bridgehead atoms. The molecule has 9 nitrogen and oxygen atoms in total. The fourth-order valence-corrected chi connectivity index (χ4v) is 5.49. The van der Waals surface area contributed by atoms with Gasteiger partial charge in [-0.25, -0.2) is 0 Å². The molecule has 1 aliphatic heterocycles. The van der Waals surface area contributed by atoms with Gasteiger partial charge in [-0.3, -0.25) is 19.3 Å². The molecular formula is C30H36N6O3S. The van der Waals surface area contributed by atoms with Crippen LogP contribution in [0.5, 0.6) is 5.75 Å². The summed E-state index contributed by atoms with van der Waals surface area (Å²) < 4.78 is 1.90. The largest absolute Gasteiger partial charge is 0.508 e. The lowest BCUT2D eigenvalue weighted by atomic mass is 9.83. The van der Waals surface area contributed by atoms with Gasteiger partial charge < -0.3 is 20.6 Å². The first-order valence-corrected chi connectivity index (χ1v) is 14.1. The molecule has 40 heavy (non-hydrogen) atoms. The molecule has 3 aromatic rings. The van der Waals surface area contributed by atoms with Crippen molar-refractivity contribution in [2.24, 2.45) is 4.99 Å². The number of aryl methyl sites for hydroxylation is 1. The highest BCUT2D eigenvalue weighted by Crippen LogP contribution is 2.31. The monoisotopic (exact) mass is 560 g/mol. The van der Waals surface area contributed by atoms with Crippen molar-refractivity contribution >= 4 is 41.8 Å². The highest BCUT2D eigenvalue weighted by atomic mass is 32.2. The molecule has 4 rings (SSSR count). The third kappa shape index (κ3) is 6.39. The summed E-state index contributed by atoms with van der Waals surface area (Å²) in [6.45, 7) is 12.3. The number of amides is 2. The van der Waals surface area contributed by atoms with Crippen LogP contribution in [0.25, 0.3) is 0 Å². The van der Waals surface area contributed by atoms with Crippen molar-refractivity contribution in [1.82, 2.24) is 14.7 Å². The molecule has 1 saturated heterocycles. The van der Waals surface area contributed by atoms with Crippen LogP contribution in [-0.4, -0.2) is 57.3 Å². The van der Waals surface area contributed by atoms with Gasteiger partial charge in [-0.05, 0) is 58.0 Å². The van der Waals surface area contributed by atoms with Crippen LogP contribution in [0, 0.1) is 13.8 Å². The summed E-state index contributed by atoms with van der Waals surface area (Å²) in [5.41, 5.74) is 2.43. The van der Waals surface area contributed by atoms with Crippen molar-refractivity contribution in [1.29, 1.82) is 0 Å². The highest BCUT2D eigenvalue weighted by molar-refractivity contribution is 8.04. The number of phenolic OH excluding ortho intramolecular Hbond substituents is 1. The molecule has 2 aromatic carbocycles. The minimum absolute atomic E-state index is 0.0960. The summed E-state index contributed by atoms with van der Waals surface area (Å²) in [6, 6.07) is 15.2.